The van der Waals surface area contributed by atoms with Crippen molar-refractivity contribution in [2.45, 2.75) is 85.5 Å². The van der Waals surface area contributed by atoms with Crippen molar-refractivity contribution >= 4 is 11.9 Å². The van der Waals surface area contributed by atoms with Crippen LogP contribution in [0.15, 0.2) is 23.8 Å². The van der Waals surface area contributed by atoms with Crippen molar-refractivity contribution in [3.8, 4) is 0 Å². The van der Waals surface area contributed by atoms with Crippen LogP contribution in [0.25, 0.3) is 0 Å². The van der Waals surface area contributed by atoms with Crippen LogP contribution >= 0.6 is 0 Å². The van der Waals surface area contributed by atoms with Gasteiger partial charge in [-0.25, -0.2) is 0 Å². The molecule has 5 atom stereocenters. The summed E-state index contributed by atoms with van der Waals surface area (Å²) in [6, 6.07) is 0. The molecule has 3 aliphatic rings. The second-order valence-electron chi connectivity index (χ2n) is 9.91. The Kier molecular flexibility index (Phi) is 6.28. The average molecular weight is 405 g/mol. The lowest BCUT2D eigenvalue weighted by Crippen LogP contribution is -2.49. The second-order valence-corrected chi connectivity index (χ2v) is 9.91. The highest BCUT2D eigenvalue weighted by molar-refractivity contribution is 5.66. The molecule has 0 bridgehead atoms. The van der Waals surface area contributed by atoms with Crippen LogP contribution in [-0.2, 0) is 23.8 Å². The van der Waals surface area contributed by atoms with Gasteiger partial charge in [-0.05, 0) is 59.5 Å². The number of carbonyl (C=O) groups is 2. The Morgan fingerprint density at radius 1 is 1.21 bits per heavy atom. The molecule has 1 heterocycles. The first-order valence-electron chi connectivity index (χ1n) is 10.9. The van der Waals surface area contributed by atoms with Crippen LogP contribution < -0.4 is 0 Å². The molecule has 0 N–H and O–H groups in total. The molecule has 1 aliphatic heterocycles. The molecule has 2 fully saturated rings. The predicted molar refractivity (Wildman–Crippen MR) is 111 cm³/mol. The van der Waals surface area contributed by atoms with Crippen molar-refractivity contribution in [1.29, 1.82) is 0 Å². The topological polar surface area (TPSA) is 61.8 Å². The molecular weight excluding hydrogens is 368 g/mol. The molecule has 0 spiro atoms. The van der Waals surface area contributed by atoms with E-state index in [2.05, 4.69) is 27.4 Å². The van der Waals surface area contributed by atoms with Crippen molar-refractivity contribution in [2.24, 2.45) is 22.7 Å². The predicted octanol–water partition coefficient (Wildman–Crippen LogP) is 4.95. The lowest BCUT2D eigenvalue weighted by molar-refractivity contribution is -0.189. The molecule has 0 aromatic carbocycles. The van der Waals surface area contributed by atoms with E-state index in [1.165, 1.54) is 26.7 Å². The maximum Gasteiger partial charge on any atom is 0.304 e. The molecule has 29 heavy (non-hydrogen) atoms. The maximum absolute atomic E-state index is 11.8. The molecule has 162 valence electrons. The van der Waals surface area contributed by atoms with Crippen LogP contribution in [0.4, 0.5) is 0 Å². The van der Waals surface area contributed by atoms with Crippen LogP contribution in [0, 0.1) is 22.7 Å². The summed E-state index contributed by atoms with van der Waals surface area (Å²) in [5.74, 6) is 0.0513. The van der Waals surface area contributed by atoms with Gasteiger partial charge in [-0.2, -0.15) is 0 Å². The molecule has 2 aliphatic carbocycles. The van der Waals surface area contributed by atoms with Gasteiger partial charge in [-0.1, -0.05) is 39.8 Å². The van der Waals surface area contributed by atoms with E-state index in [1.54, 1.807) is 0 Å². The minimum absolute atomic E-state index is 0.0789. The van der Waals surface area contributed by atoms with E-state index in [4.69, 9.17) is 14.2 Å². The Morgan fingerprint density at radius 2 is 1.93 bits per heavy atom. The summed E-state index contributed by atoms with van der Waals surface area (Å²) >= 11 is 0. The lowest BCUT2D eigenvalue weighted by atomic mass is 9.49. The summed E-state index contributed by atoms with van der Waals surface area (Å²) in [4.78, 5) is 23.3. The Morgan fingerprint density at radius 3 is 2.55 bits per heavy atom. The van der Waals surface area contributed by atoms with Gasteiger partial charge in [0.15, 0.2) is 0 Å². The van der Waals surface area contributed by atoms with E-state index in [0.29, 0.717) is 18.3 Å². The summed E-state index contributed by atoms with van der Waals surface area (Å²) in [6.45, 7) is 14.1. The van der Waals surface area contributed by atoms with Crippen LogP contribution in [-0.4, -0.2) is 30.9 Å². The van der Waals surface area contributed by atoms with Crippen molar-refractivity contribution in [2.75, 3.05) is 6.61 Å². The molecule has 3 rings (SSSR count). The summed E-state index contributed by atoms with van der Waals surface area (Å²) in [5.41, 5.74) is 2.30. The first-order valence-corrected chi connectivity index (χ1v) is 10.9. The number of ether oxygens (including phenoxy) is 3. The Balaban J connectivity index is 2.05. The summed E-state index contributed by atoms with van der Waals surface area (Å²) in [7, 11) is 0. The van der Waals surface area contributed by atoms with Gasteiger partial charge in [-0.15, -0.1) is 0 Å². The fraction of sp³-hybridized carbons (Fsp3) is 0.750. The first-order chi connectivity index (χ1) is 13.6. The molecule has 5 heteroatoms. The minimum Gasteiger partial charge on any atom is -0.461 e. The number of allylic oxidation sites excluding steroid dienone is 2. The molecule has 0 radical (unpaired) electrons. The number of hydrogen-bond acceptors (Lipinski definition) is 5. The van der Waals surface area contributed by atoms with Gasteiger partial charge in [0.1, 0.15) is 6.61 Å². The van der Waals surface area contributed by atoms with Crippen LogP contribution in [0.3, 0.4) is 0 Å². The standard InChI is InChI=1S/C24H36O5/c1-7-17-9-10-19-22(18(17)14-27-15(2)25)29-21(28-16(3)26)13-20-23(4,5)11-8-12-24(19,20)6/h7,19-22H,1,8-14H2,2-6H3/t19-,20-,21+,22-,24+/m0/s1. The van der Waals surface area contributed by atoms with Crippen LogP contribution in [0.5, 0.6) is 0 Å². The Hall–Kier alpha value is -1.62. The number of hydrogen-bond donors (Lipinski definition) is 0. The number of carbonyl (C=O) groups excluding carboxylic acids is 2. The van der Waals surface area contributed by atoms with E-state index >= 15 is 0 Å². The van der Waals surface area contributed by atoms with Gasteiger partial charge in [-0.3, -0.25) is 9.59 Å². The van der Waals surface area contributed by atoms with Crippen molar-refractivity contribution in [1.82, 2.24) is 0 Å². The van der Waals surface area contributed by atoms with E-state index < -0.39 is 6.29 Å². The van der Waals surface area contributed by atoms with Crippen molar-refractivity contribution in [3.63, 3.8) is 0 Å². The number of esters is 2. The van der Waals surface area contributed by atoms with Gasteiger partial charge >= 0.3 is 11.9 Å². The smallest absolute Gasteiger partial charge is 0.304 e. The zero-order chi connectivity index (χ0) is 21.4. The van der Waals surface area contributed by atoms with Gasteiger partial charge in [0.25, 0.3) is 0 Å². The zero-order valence-electron chi connectivity index (χ0n) is 18.6. The summed E-state index contributed by atoms with van der Waals surface area (Å²) in [5, 5.41) is 0. The molecule has 0 aromatic rings. The van der Waals surface area contributed by atoms with E-state index in [0.717, 1.165) is 30.4 Å². The fourth-order valence-electron chi connectivity index (χ4n) is 6.36. The van der Waals surface area contributed by atoms with E-state index in [1.807, 2.05) is 6.08 Å². The third-order valence-electron chi connectivity index (χ3n) is 7.67. The zero-order valence-corrected chi connectivity index (χ0v) is 18.6. The fourth-order valence-corrected chi connectivity index (χ4v) is 6.36. The highest BCUT2D eigenvalue weighted by Gasteiger charge is 2.57. The third-order valence-corrected chi connectivity index (χ3v) is 7.67. The van der Waals surface area contributed by atoms with Crippen LogP contribution in [0.1, 0.15) is 73.1 Å². The maximum atomic E-state index is 11.8. The first kappa shape index (κ1) is 22.1. The molecule has 1 saturated heterocycles. The summed E-state index contributed by atoms with van der Waals surface area (Å²) < 4.78 is 17.5. The molecule has 0 unspecified atom stereocenters. The third kappa shape index (κ3) is 4.30. The molecular formula is C24H36O5. The highest BCUT2D eigenvalue weighted by Crippen LogP contribution is 2.61. The van der Waals surface area contributed by atoms with E-state index in [9.17, 15) is 9.59 Å². The quantitative estimate of drug-likeness (QED) is 0.620. The van der Waals surface area contributed by atoms with Crippen LogP contribution in [0.2, 0.25) is 0 Å². The van der Waals surface area contributed by atoms with Crippen molar-refractivity contribution in [3.05, 3.63) is 23.8 Å². The number of rotatable bonds is 4. The number of fused-ring (bicyclic) bond motifs is 3. The minimum atomic E-state index is -0.583. The SMILES string of the molecule is C=CC1=C(COC(C)=O)[C@@H]2O[C@@H](OC(C)=O)C[C@H]3C(C)(C)CCC[C@]3(C)[C@H]2CC1. The Labute approximate surface area is 174 Å². The molecule has 1 saturated carbocycles. The second kappa shape index (κ2) is 8.25. The highest BCUT2D eigenvalue weighted by atomic mass is 16.7. The normalized spacial score (nSPS) is 36.3. The monoisotopic (exact) mass is 404 g/mol. The van der Waals surface area contributed by atoms with Gasteiger partial charge in [0.05, 0.1) is 6.10 Å². The molecule has 0 aromatic heterocycles. The van der Waals surface area contributed by atoms with E-state index in [-0.39, 0.29) is 35.5 Å². The Bertz CT molecular complexity index is 706. The summed E-state index contributed by atoms with van der Waals surface area (Å²) in [6.07, 6.45) is 7.17. The molecule has 5 nitrogen and oxygen atoms in total. The van der Waals surface area contributed by atoms with Gasteiger partial charge in [0, 0.05) is 20.3 Å². The average Bonchev–Trinajstić information content (AvgIpc) is 2.74. The lowest BCUT2D eigenvalue weighted by Gasteiger charge is -2.55. The molecule has 0 amide bonds. The van der Waals surface area contributed by atoms with Gasteiger partial charge in [0.2, 0.25) is 6.29 Å². The van der Waals surface area contributed by atoms with Gasteiger partial charge < -0.3 is 14.2 Å². The van der Waals surface area contributed by atoms with Crippen molar-refractivity contribution < 1.29 is 23.8 Å². The largest absolute Gasteiger partial charge is 0.461 e.